The van der Waals surface area contributed by atoms with Crippen LogP contribution in [0.3, 0.4) is 0 Å². The van der Waals surface area contributed by atoms with Crippen LogP contribution in [-0.4, -0.2) is 38.0 Å². The van der Waals surface area contributed by atoms with E-state index in [1.54, 1.807) is 0 Å². The van der Waals surface area contributed by atoms with Gasteiger partial charge in [0.2, 0.25) is 0 Å². The Hall–Kier alpha value is -2.27. The van der Waals surface area contributed by atoms with Crippen molar-refractivity contribution in [2.24, 2.45) is 4.36 Å². The van der Waals surface area contributed by atoms with Crippen LogP contribution in [0.2, 0.25) is 15.1 Å². The first-order chi connectivity index (χ1) is 16.5. The second-order valence-corrected chi connectivity index (χ2v) is 10.6. The van der Waals surface area contributed by atoms with Crippen LogP contribution in [0.15, 0.2) is 40.9 Å². The van der Waals surface area contributed by atoms with Crippen molar-refractivity contribution in [1.82, 2.24) is 14.8 Å². The summed E-state index contributed by atoms with van der Waals surface area (Å²) in [6, 6.07) is 6.17. The molecular formula is C22H18Cl3F3N4O2S. The van der Waals surface area contributed by atoms with Gasteiger partial charge in [-0.15, -0.1) is 0 Å². The van der Waals surface area contributed by atoms with Gasteiger partial charge in [-0.05, 0) is 29.8 Å². The lowest BCUT2D eigenvalue weighted by Gasteiger charge is -2.12. The molecule has 3 aromatic rings. The Morgan fingerprint density at radius 1 is 1.09 bits per heavy atom. The van der Waals surface area contributed by atoms with E-state index in [1.165, 1.54) is 30.5 Å². The standard InChI is InChI=1S/C22H18Cl3F3N4O2S/c1-3-35(4-2)31-21(34)14-8-12(23)9-16(25)13(14)10-18(33)17-11-19(22(26,27)28)30-32(17)20-15(24)6-5-7-29-20/h5-9,11H,3-4,10H2,1-2H3. The van der Waals surface area contributed by atoms with Gasteiger partial charge in [-0.3, -0.25) is 9.59 Å². The average Bonchev–Trinajstić information content (AvgIpc) is 3.25. The number of hydrogen-bond acceptors (Lipinski definition) is 4. The van der Waals surface area contributed by atoms with Crippen molar-refractivity contribution in [3.8, 4) is 5.82 Å². The molecule has 186 valence electrons. The summed E-state index contributed by atoms with van der Waals surface area (Å²) in [6.07, 6.45) is -4.03. The highest BCUT2D eigenvalue weighted by molar-refractivity contribution is 7.87. The third kappa shape index (κ3) is 6.30. The van der Waals surface area contributed by atoms with E-state index in [1.807, 2.05) is 13.8 Å². The number of ketones is 1. The molecule has 2 heterocycles. The first-order valence-electron chi connectivity index (χ1n) is 10.2. The molecule has 0 spiro atoms. The first kappa shape index (κ1) is 27.3. The highest BCUT2D eigenvalue weighted by Gasteiger charge is 2.36. The van der Waals surface area contributed by atoms with Gasteiger partial charge < -0.3 is 0 Å². The molecule has 3 rings (SSSR count). The van der Waals surface area contributed by atoms with Crippen LogP contribution in [0.4, 0.5) is 13.2 Å². The lowest BCUT2D eigenvalue weighted by Crippen LogP contribution is -2.15. The van der Waals surface area contributed by atoms with Crippen molar-refractivity contribution in [1.29, 1.82) is 0 Å². The predicted octanol–water partition coefficient (Wildman–Crippen LogP) is 6.65. The summed E-state index contributed by atoms with van der Waals surface area (Å²) in [5.74, 6) is -0.264. The van der Waals surface area contributed by atoms with Gasteiger partial charge in [-0.2, -0.15) is 22.6 Å². The van der Waals surface area contributed by atoms with E-state index in [9.17, 15) is 22.8 Å². The number of Topliss-reactive ketones (excluding diaryl/α,β-unsaturated/α-hetero) is 1. The van der Waals surface area contributed by atoms with Crippen LogP contribution in [0.25, 0.3) is 5.82 Å². The molecule has 0 N–H and O–H groups in total. The third-order valence-electron chi connectivity index (χ3n) is 4.83. The van der Waals surface area contributed by atoms with Crippen molar-refractivity contribution in [2.45, 2.75) is 26.4 Å². The zero-order chi connectivity index (χ0) is 25.9. The molecule has 13 heteroatoms. The summed E-state index contributed by atoms with van der Waals surface area (Å²) in [5.41, 5.74) is -1.63. The summed E-state index contributed by atoms with van der Waals surface area (Å²) in [6.45, 7) is 3.78. The SMILES string of the molecule is CCS(CC)=NC(=O)c1cc(Cl)cc(Cl)c1CC(=O)c1cc(C(F)(F)F)nn1-c1ncccc1Cl. The van der Waals surface area contributed by atoms with Crippen LogP contribution in [0.5, 0.6) is 0 Å². The molecule has 1 amide bonds. The van der Waals surface area contributed by atoms with Crippen molar-refractivity contribution < 1.29 is 22.8 Å². The van der Waals surface area contributed by atoms with E-state index in [0.29, 0.717) is 17.6 Å². The third-order valence-corrected chi connectivity index (χ3v) is 7.44. The minimum absolute atomic E-state index is 0.00762. The number of halogens is 6. The van der Waals surface area contributed by atoms with Gasteiger partial charge in [-0.1, -0.05) is 59.3 Å². The highest BCUT2D eigenvalue weighted by Crippen LogP contribution is 2.32. The van der Waals surface area contributed by atoms with Crippen LogP contribution >= 0.6 is 34.8 Å². The summed E-state index contributed by atoms with van der Waals surface area (Å²) in [4.78, 5) is 30.1. The average molecular weight is 566 g/mol. The van der Waals surface area contributed by atoms with Crippen LogP contribution in [-0.2, 0) is 23.3 Å². The zero-order valence-electron chi connectivity index (χ0n) is 18.4. The second kappa shape index (κ2) is 11.2. The maximum Gasteiger partial charge on any atom is 0.435 e. The lowest BCUT2D eigenvalue weighted by molar-refractivity contribution is -0.141. The maximum atomic E-state index is 13.4. The number of rotatable bonds is 7. The fourth-order valence-electron chi connectivity index (χ4n) is 3.14. The van der Waals surface area contributed by atoms with E-state index in [-0.39, 0.29) is 32.0 Å². The number of nitrogens with zero attached hydrogens (tertiary/aromatic N) is 4. The van der Waals surface area contributed by atoms with Crippen LogP contribution in [0, 0.1) is 0 Å². The van der Waals surface area contributed by atoms with Gasteiger partial charge in [0, 0.05) is 45.8 Å². The van der Waals surface area contributed by atoms with Gasteiger partial charge in [-0.25, -0.2) is 9.67 Å². The molecule has 0 radical (unpaired) electrons. The van der Waals surface area contributed by atoms with Gasteiger partial charge in [0.25, 0.3) is 5.91 Å². The van der Waals surface area contributed by atoms with Crippen molar-refractivity contribution in [2.75, 3.05) is 11.5 Å². The van der Waals surface area contributed by atoms with E-state index < -0.39 is 46.4 Å². The minimum atomic E-state index is -4.82. The summed E-state index contributed by atoms with van der Waals surface area (Å²) in [5, 5.41) is 3.67. The van der Waals surface area contributed by atoms with E-state index >= 15 is 0 Å². The molecule has 0 aliphatic rings. The molecule has 0 saturated carbocycles. The molecular weight excluding hydrogens is 548 g/mol. The molecule has 0 aliphatic carbocycles. The molecule has 0 saturated heterocycles. The molecule has 35 heavy (non-hydrogen) atoms. The van der Waals surface area contributed by atoms with Crippen molar-refractivity contribution in [3.05, 3.63) is 74.1 Å². The second-order valence-electron chi connectivity index (χ2n) is 7.08. The number of benzene rings is 1. The Kier molecular flexibility index (Phi) is 8.74. The van der Waals surface area contributed by atoms with Crippen molar-refractivity contribution >= 4 is 57.2 Å². The van der Waals surface area contributed by atoms with Gasteiger partial charge in [0.05, 0.1) is 5.02 Å². The molecule has 2 aromatic heterocycles. The van der Waals surface area contributed by atoms with E-state index in [2.05, 4.69) is 14.4 Å². The number of pyridine rings is 1. The molecule has 0 fully saturated rings. The van der Waals surface area contributed by atoms with Crippen molar-refractivity contribution in [3.63, 3.8) is 0 Å². The fourth-order valence-corrected chi connectivity index (χ4v) is 4.90. The maximum absolute atomic E-state index is 13.4. The van der Waals surface area contributed by atoms with E-state index in [4.69, 9.17) is 34.8 Å². The predicted molar refractivity (Wildman–Crippen MR) is 131 cm³/mol. The van der Waals surface area contributed by atoms with Crippen LogP contribution in [0.1, 0.15) is 46.0 Å². The number of carbonyl (C=O) groups excluding carboxylic acids is 2. The molecule has 1 aromatic carbocycles. The number of aromatic nitrogens is 3. The molecule has 0 unspecified atom stereocenters. The topological polar surface area (TPSA) is 77.2 Å². The molecule has 0 aliphatic heterocycles. The Morgan fingerprint density at radius 2 is 1.77 bits per heavy atom. The fraction of sp³-hybridized carbons (Fsp3) is 0.273. The Morgan fingerprint density at radius 3 is 2.37 bits per heavy atom. The normalized spacial score (nSPS) is 11.7. The first-order valence-corrected chi connectivity index (χ1v) is 12.8. The number of carbonyl (C=O) groups is 2. The highest BCUT2D eigenvalue weighted by atomic mass is 35.5. The zero-order valence-corrected chi connectivity index (χ0v) is 21.5. The quantitative estimate of drug-likeness (QED) is 0.300. The van der Waals surface area contributed by atoms with Gasteiger partial charge >= 0.3 is 6.18 Å². The van der Waals surface area contributed by atoms with Gasteiger partial charge in [0.1, 0.15) is 5.69 Å². The Bertz CT molecular complexity index is 1320. The molecule has 0 bridgehead atoms. The van der Waals surface area contributed by atoms with E-state index in [0.717, 1.165) is 4.68 Å². The Labute approximate surface area is 216 Å². The molecule has 0 atom stereocenters. The summed E-state index contributed by atoms with van der Waals surface area (Å²) < 4.78 is 45.2. The summed E-state index contributed by atoms with van der Waals surface area (Å²) >= 11 is 18.5. The largest absolute Gasteiger partial charge is 0.435 e. The number of hydrogen-bond donors (Lipinski definition) is 0. The Balaban J connectivity index is 2.11. The van der Waals surface area contributed by atoms with Crippen LogP contribution < -0.4 is 0 Å². The number of amides is 1. The lowest BCUT2D eigenvalue weighted by atomic mass is 10.00. The monoisotopic (exact) mass is 564 g/mol. The minimum Gasteiger partial charge on any atom is -0.292 e. The summed E-state index contributed by atoms with van der Waals surface area (Å²) in [7, 11) is -0.535. The molecule has 6 nitrogen and oxygen atoms in total. The van der Waals surface area contributed by atoms with Gasteiger partial charge in [0.15, 0.2) is 17.3 Å². The number of alkyl halides is 3. The smallest absolute Gasteiger partial charge is 0.292 e.